The third-order valence-electron chi connectivity index (χ3n) is 6.10. The van der Waals surface area contributed by atoms with E-state index in [0.29, 0.717) is 54.3 Å². The first-order chi connectivity index (χ1) is 20.7. The van der Waals surface area contributed by atoms with Gasteiger partial charge < -0.3 is 34.7 Å². The summed E-state index contributed by atoms with van der Waals surface area (Å²) in [6.07, 6.45) is 0. The predicted molar refractivity (Wildman–Crippen MR) is 157 cm³/mol. The Morgan fingerprint density at radius 2 is 1.77 bits per heavy atom. The van der Waals surface area contributed by atoms with Crippen LogP contribution in [0.15, 0.2) is 40.9 Å². The molecule has 0 atom stereocenters. The Morgan fingerprint density at radius 3 is 2.47 bits per heavy atom. The number of hydrogen-bond acceptors (Lipinski definition) is 14. The van der Waals surface area contributed by atoms with Gasteiger partial charge in [0.05, 0.1) is 74.5 Å². The van der Waals surface area contributed by atoms with Crippen molar-refractivity contribution in [3.8, 4) is 23.1 Å². The number of para-hydroxylation sites is 1. The molecular formula is C25H25B3N10O5. The summed E-state index contributed by atoms with van der Waals surface area (Å²) in [5.74, 6) is 1.30. The molecule has 1 amide bonds. The minimum atomic E-state index is -2.00. The Bertz CT molecular complexity index is 1560. The van der Waals surface area contributed by atoms with E-state index in [4.69, 9.17) is 42.3 Å². The lowest BCUT2D eigenvalue weighted by Gasteiger charge is -2.24. The van der Waals surface area contributed by atoms with Crippen LogP contribution in [0.2, 0.25) is 0 Å². The molecule has 0 aliphatic carbocycles. The first-order valence-corrected chi connectivity index (χ1v) is 13.0. The first-order valence-electron chi connectivity index (χ1n) is 13.0. The standard InChI is InChI=1S/C25H25B3N10O5/c1-40-20-7-6-17(33-35-20)30-18-12-16(21(36-34-18)23(39)32-25(26,27)28)29-15-5-3-4-14(22(15)41-2)24-31-19(37-43-24)13-38-8-10-42-11-9-38/h3-7,12H,8-11,13H2,1-2H3,(H,32,39)(H2,29,30,33,34). The van der Waals surface area contributed by atoms with E-state index < -0.39 is 11.1 Å². The molecule has 18 heteroatoms. The van der Waals surface area contributed by atoms with E-state index in [9.17, 15) is 4.79 Å². The zero-order valence-electron chi connectivity index (χ0n) is 23.4. The maximum Gasteiger partial charge on any atom is 0.272 e. The molecule has 1 saturated heterocycles. The molecule has 1 fully saturated rings. The van der Waals surface area contributed by atoms with E-state index in [2.05, 4.69) is 51.4 Å². The highest BCUT2D eigenvalue weighted by Crippen LogP contribution is 2.38. The van der Waals surface area contributed by atoms with Crippen molar-refractivity contribution in [2.24, 2.45) is 0 Å². The van der Waals surface area contributed by atoms with Gasteiger partial charge >= 0.3 is 0 Å². The number of hydrogen-bond donors (Lipinski definition) is 3. The molecule has 214 valence electrons. The number of nitrogens with one attached hydrogen (secondary N) is 3. The minimum absolute atomic E-state index is 0.157. The van der Waals surface area contributed by atoms with Crippen LogP contribution in [0.4, 0.5) is 23.0 Å². The van der Waals surface area contributed by atoms with Crippen molar-refractivity contribution >= 4 is 52.5 Å². The van der Waals surface area contributed by atoms with E-state index in [1.54, 1.807) is 30.3 Å². The second-order valence-electron chi connectivity index (χ2n) is 9.38. The van der Waals surface area contributed by atoms with Crippen molar-refractivity contribution in [3.63, 3.8) is 0 Å². The lowest BCUT2D eigenvalue weighted by atomic mass is 9.49. The lowest BCUT2D eigenvalue weighted by Crippen LogP contribution is -2.50. The van der Waals surface area contributed by atoms with E-state index in [0.717, 1.165) is 13.1 Å². The fraction of sp³-hybridized carbons (Fsp3) is 0.320. The molecule has 3 aromatic heterocycles. The number of aromatic nitrogens is 6. The fourth-order valence-electron chi connectivity index (χ4n) is 4.15. The van der Waals surface area contributed by atoms with Gasteiger partial charge in [-0.25, -0.2) is 0 Å². The number of nitrogens with zero attached hydrogens (tertiary/aromatic N) is 7. The van der Waals surface area contributed by atoms with Crippen LogP contribution in [0.25, 0.3) is 11.5 Å². The molecule has 6 radical (unpaired) electrons. The van der Waals surface area contributed by atoms with Crippen molar-refractivity contribution in [2.75, 3.05) is 51.2 Å². The Morgan fingerprint density at radius 1 is 0.977 bits per heavy atom. The number of anilines is 4. The van der Waals surface area contributed by atoms with Crippen LogP contribution in [0, 0.1) is 0 Å². The minimum Gasteiger partial charge on any atom is -0.494 e. The van der Waals surface area contributed by atoms with Gasteiger partial charge in [-0.1, -0.05) is 16.5 Å². The zero-order valence-corrected chi connectivity index (χ0v) is 23.4. The summed E-state index contributed by atoms with van der Waals surface area (Å²) < 4.78 is 21.7. The second-order valence-corrected chi connectivity index (χ2v) is 9.38. The Hall–Kier alpha value is -4.70. The molecule has 43 heavy (non-hydrogen) atoms. The molecule has 0 bridgehead atoms. The average Bonchev–Trinajstić information content (AvgIpc) is 3.45. The number of ether oxygens (including phenoxy) is 3. The summed E-state index contributed by atoms with van der Waals surface area (Å²) in [6, 6.07) is 10.0. The maximum atomic E-state index is 13.0. The monoisotopic (exact) mass is 578 g/mol. The van der Waals surface area contributed by atoms with Crippen LogP contribution >= 0.6 is 0 Å². The maximum absolute atomic E-state index is 13.0. The van der Waals surface area contributed by atoms with Gasteiger partial charge in [-0.3, -0.25) is 9.69 Å². The van der Waals surface area contributed by atoms with Gasteiger partial charge in [-0.2, -0.15) is 4.98 Å². The number of rotatable bonds is 11. The quantitative estimate of drug-likeness (QED) is 0.210. The van der Waals surface area contributed by atoms with E-state index in [1.807, 2.05) is 0 Å². The normalized spacial score (nSPS) is 13.7. The summed E-state index contributed by atoms with van der Waals surface area (Å²) in [5, 5.41) is 26.6. The molecule has 4 aromatic rings. The van der Waals surface area contributed by atoms with E-state index in [-0.39, 0.29) is 23.1 Å². The van der Waals surface area contributed by atoms with Crippen molar-refractivity contribution in [1.29, 1.82) is 0 Å². The Kier molecular flexibility index (Phi) is 9.06. The Balaban J connectivity index is 1.45. The lowest BCUT2D eigenvalue weighted by molar-refractivity contribution is 0.0327. The van der Waals surface area contributed by atoms with Crippen LogP contribution in [-0.2, 0) is 11.3 Å². The van der Waals surface area contributed by atoms with Crippen LogP contribution in [0.1, 0.15) is 16.3 Å². The molecule has 1 aliphatic rings. The molecule has 0 saturated carbocycles. The number of methoxy groups -OCH3 is 2. The SMILES string of the molecule is [B]C([B])([B])NC(=O)c1nnc(Nc2ccc(OC)nn2)cc1Nc1cccc(-c2nc(CN3CCOCC3)no2)c1OC. The van der Waals surface area contributed by atoms with Crippen LogP contribution in [0.5, 0.6) is 11.6 Å². The number of amides is 1. The zero-order chi connectivity index (χ0) is 30.4. The Labute approximate surface area is 250 Å². The highest BCUT2D eigenvalue weighted by Gasteiger charge is 2.23. The second kappa shape index (κ2) is 13.1. The van der Waals surface area contributed by atoms with Gasteiger partial charge in [0.25, 0.3) is 11.8 Å². The topological polar surface area (TPSA) is 175 Å². The smallest absolute Gasteiger partial charge is 0.272 e. The van der Waals surface area contributed by atoms with Crippen molar-refractivity contribution in [2.45, 2.75) is 11.8 Å². The van der Waals surface area contributed by atoms with Gasteiger partial charge in [0.15, 0.2) is 28.9 Å². The molecule has 5 rings (SSSR count). The molecule has 1 aliphatic heterocycles. The highest BCUT2D eigenvalue weighted by molar-refractivity contribution is 6.60. The van der Waals surface area contributed by atoms with Crippen LogP contribution in [-0.4, -0.2) is 111 Å². The van der Waals surface area contributed by atoms with Gasteiger partial charge in [0.2, 0.25) is 5.88 Å². The predicted octanol–water partition coefficient (Wildman–Crippen LogP) is 0.500. The number of benzene rings is 1. The summed E-state index contributed by atoms with van der Waals surface area (Å²) >= 11 is 0. The van der Waals surface area contributed by atoms with Crippen LogP contribution < -0.4 is 25.4 Å². The third kappa shape index (κ3) is 7.58. The number of carbonyl (C=O) groups excluding carboxylic acids is 1. The molecule has 4 heterocycles. The summed E-state index contributed by atoms with van der Waals surface area (Å²) in [5.41, 5.74) is 1.02. The average molecular weight is 578 g/mol. The molecule has 3 N–H and O–H groups in total. The van der Waals surface area contributed by atoms with E-state index in [1.165, 1.54) is 20.3 Å². The molecule has 15 nitrogen and oxygen atoms in total. The summed E-state index contributed by atoms with van der Waals surface area (Å²) in [6.45, 7) is 3.40. The number of morpholine rings is 1. The third-order valence-corrected chi connectivity index (χ3v) is 6.10. The summed E-state index contributed by atoms with van der Waals surface area (Å²) in [7, 11) is 19.7. The van der Waals surface area contributed by atoms with Crippen molar-refractivity contribution < 1.29 is 23.5 Å². The number of carbonyl (C=O) groups is 1. The highest BCUT2D eigenvalue weighted by atomic mass is 16.5. The molecular weight excluding hydrogens is 553 g/mol. The van der Waals surface area contributed by atoms with Gasteiger partial charge in [0, 0.05) is 25.2 Å². The van der Waals surface area contributed by atoms with Gasteiger partial charge in [-0.15, -0.1) is 20.4 Å². The van der Waals surface area contributed by atoms with Gasteiger partial charge in [-0.05, 0) is 18.2 Å². The molecule has 1 aromatic carbocycles. The van der Waals surface area contributed by atoms with Crippen molar-refractivity contribution in [1.82, 2.24) is 40.8 Å². The molecule has 0 spiro atoms. The molecule has 0 unspecified atom stereocenters. The fourth-order valence-corrected chi connectivity index (χ4v) is 4.15. The first kappa shape index (κ1) is 29.8. The van der Waals surface area contributed by atoms with E-state index >= 15 is 0 Å². The van der Waals surface area contributed by atoms with Crippen LogP contribution in [0.3, 0.4) is 0 Å². The summed E-state index contributed by atoms with van der Waals surface area (Å²) in [4.78, 5) is 19.7. The van der Waals surface area contributed by atoms with Gasteiger partial charge in [0.1, 0.15) is 0 Å². The largest absolute Gasteiger partial charge is 0.494 e. The van der Waals surface area contributed by atoms with Crippen molar-refractivity contribution in [3.05, 3.63) is 47.9 Å².